The molecule has 0 spiro atoms. The molecule has 1 aromatic carbocycles. The summed E-state index contributed by atoms with van der Waals surface area (Å²) >= 11 is 0. The number of halogens is 1. The molecule has 0 aliphatic rings. The third-order valence-corrected chi connectivity index (χ3v) is 3.55. The first kappa shape index (κ1) is 27.0. The van der Waals surface area contributed by atoms with Crippen molar-refractivity contribution in [2.75, 3.05) is 11.4 Å². The van der Waals surface area contributed by atoms with Gasteiger partial charge in [-0.1, -0.05) is 0 Å². The van der Waals surface area contributed by atoms with Crippen molar-refractivity contribution in [1.82, 2.24) is 0 Å². The minimum absolute atomic E-state index is 0. The Morgan fingerprint density at radius 1 is 1.23 bits per heavy atom. The number of aromatic hydroxyl groups is 1. The SMILES string of the molecule is CC(C)(C)OC(=O)N(C(=O)[C@@H](N)CCCN=C(N)N)c1ccc(O)c(C(=O)O)c1.Cl. The number of nitrogens with two attached hydrogens (primary N) is 3. The summed E-state index contributed by atoms with van der Waals surface area (Å²) in [6.07, 6.45) is -0.481. The number of guanidine groups is 1. The summed E-state index contributed by atoms with van der Waals surface area (Å²) in [7, 11) is 0. The molecule has 0 radical (unpaired) electrons. The van der Waals surface area contributed by atoms with Crippen LogP contribution in [0.5, 0.6) is 5.75 Å². The van der Waals surface area contributed by atoms with Gasteiger partial charge in [0.15, 0.2) is 5.96 Å². The number of hydrogen-bond donors (Lipinski definition) is 5. The van der Waals surface area contributed by atoms with Crippen molar-refractivity contribution in [3.05, 3.63) is 23.8 Å². The Morgan fingerprint density at radius 2 is 1.83 bits per heavy atom. The number of anilines is 1. The molecule has 1 atom stereocenters. The van der Waals surface area contributed by atoms with Gasteiger partial charge in [-0.3, -0.25) is 9.79 Å². The van der Waals surface area contributed by atoms with Crippen LogP contribution in [-0.4, -0.2) is 52.3 Å². The van der Waals surface area contributed by atoms with Crippen LogP contribution in [-0.2, 0) is 9.53 Å². The van der Waals surface area contributed by atoms with Gasteiger partial charge in [0.2, 0.25) is 0 Å². The van der Waals surface area contributed by atoms with Crippen LogP contribution in [0, 0.1) is 0 Å². The number of nitrogens with zero attached hydrogens (tertiary/aromatic N) is 2. The monoisotopic (exact) mass is 445 g/mol. The van der Waals surface area contributed by atoms with E-state index in [0.29, 0.717) is 11.3 Å². The Balaban J connectivity index is 0.00000841. The molecule has 0 aliphatic heterocycles. The van der Waals surface area contributed by atoms with E-state index in [9.17, 15) is 24.6 Å². The summed E-state index contributed by atoms with van der Waals surface area (Å²) in [5.41, 5.74) is 14.9. The lowest BCUT2D eigenvalue weighted by Gasteiger charge is -2.28. The first-order chi connectivity index (χ1) is 13.3. The number of benzene rings is 1. The van der Waals surface area contributed by atoms with Gasteiger partial charge in [0, 0.05) is 6.54 Å². The predicted molar refractivity (Wildman–Crippen MR) is 114 cm³/mol. The minimum Gasteiger partial charge on any atom is -0.507 e. The summed E-state index contributed by atoms with van der Waals surface area (Å²) < 4.78 is 5.26. The second kappa shape index (κ2) is 11.2. The third kappa shape index (κ3) is 8.13. The lowest BCUT2D eigenvalue weighted by atomic mass is 10.1. The van der Waals surface area contributed by atoms with Crippen molar-refractivity contribution < 1.29 is 29.3 Å². The highest BCUT2D eigenvalue weighted by molar-refractivity contribution is 6.14. The number of rotatable bonds is 7. The zero-order chi connectivity index (χ0) is 22.4. The zero-order valence-corrected chi connectivity index (χ0v) is 17.8. The minimum atomic E-state index is -1.43. The van der Waals surface area contributed by atoms with Crippen molar-refractivity contribution in [3.63, 3.8) is 0 Å². The predicted octanol–water partition coefficient (Wildman–Crippen LogP) is 1.16. The van der Waals surface area contributed by atoms with Gasteiger partial charge >= 0.3 is 12.1 Å². The quantitative estimate of drug-likeness (QED) is 0.232. The molecule has 0 unspecified atom stereocenters. The van der Waals surface area contributed by atoms with Crippen LogP contribution in [0.15, 0.2) is 23.2 Å². The van der Waals surface area contributed by atoms with Gasteiger partial charge in [-0.05, 0) is 51.8 Å². The molecule has 0 heterocycles. The Hall–Kier alpha value is -3.05. The van der Waals surface area contributed by atoms with Gasteiger partial charge in [0.05, 0.1) is 11.7 Å². The topological polar surface area (TPSA) is 195 Å². The van der Waals surface area contributed by atoms with Gasteiger partial charge in [-0.15, -0.1) is 12.4 Å². The second-order valence-corrected chi connectivity index (χ2v) is 7.22. The number of carboxylic acids is 1. The Morgan fingerprint density at radius 3 is 2.33 bits per heavy atom. The summed E-state index contributed by atoms with van der Waals surface area (Å²) in [6, 6.07) is 2.17. The molecule has 0 saturated heterocycles. The maximum Gasteiger partial charge on any atom is 0.421 e. The molecule has 0 fully saturated rings. The third-order valence-electron chi connectivity index (χ3n) is 3.55. The first-order valence-corrected chi connectivity index (χ1v) is 8.77. The molecule has 12 heteroatoms. The number of amides is 2. The van der Waals surface area contributed by atoms with E-state index >= 15 is 0 Å². The normalized spacial score (nSPS) is 11.6. The maximum atomic E-state index is 12.9. The number of carboxylic acid groups (broad SMARTS) is 1. The second-order valence-electron chi connectivity index (χ2n) is 7.22. The van der Waals surface area contributed by atoms with E-state index in [4.69, 9.17) is 21.9 Å². The van der Waals surface area contributed by atoms with E-state index in [0.717, 1.165) is 12.1 Å². The van der Waals surface area contributed by atoms with E-state index in [1.807, 2.05) is 0 Å². The molecule has 30 heavy (non-hydrogen) atoms. The number of imide groups is 1. The van der Waals surface area contributed by atoms with Gasteiger partial charge in [0.1, 0.15) is 16.9 Å². The van der Waals surface area contributed by atoms with E-state index in [2.05, 4.69) is 4.99 Å². The van der Waals surface area contributed by atoms with Gasteiger partial charge in [-0.25, -0.2) is 14.5 Å². The van der Waals surface area contributed by atoms with Crippen LogP contribution in [0.1, 0.15) is 44.0 Å². The van der Waals surface area contributed by atoms with Crippen LogP contribution < -0.4 is 22.1 Å². The lowest BCUT2D eigenvalue weighted by molar-refractivity contribution is -0.119. The summed E-state index contributed by atoms with van der Waals surface area (Å²) in [4.78, 5) is 41.3. The van der Waals surface area contributed by atoms with E-state index in [-0.39, 0.29) is 37.0 Å². The van der Waals surface area contributed by atoms with Crippen LogP contribution in [0.25, 0.3) is 0 Å². The molecule has 8 N–H and O–H groups in total. The number of aromatic carboxylic acids is 1. The van der Waals surface area contributed by atoms with Crippen molar-refractivity contribution in [2.24, 2.45) is 22.2 Å². The zero-order valence-electron chi connectivity index (χ0n) is 17.0. The number of carbonyl (C=O) groups excluding carboxylic acids is 2. The van der Waals surface area contributed by atoms with Crippen molar-refractivity contribution in [1.29, 1.82) is 0 Å². The fourth-order valence-corrected chi connectivity index (χ4v) is 2.27. The molecule has 0 saturated carbocycles. The van der Waals surface area contributed by atoms with Crippen LogP contribution >= 0.6 is 12.4 Å². The van der Waals surface area contributed by atoms with Crippen molar-refractivity contribution >= 4 is 42.0 Å². The van der Waals surface area contributed by atoms with Gasteiger partial charge in [-0.2, -0.15) is 0 Å². The number of hydrogen-bond acceptors (Lipinski definition) is 7. The average molecular weight is 446 g/mol. The Labute approximate surface area is 180 Å². The molecule has 0 bridgehead atoms. The smallest absolute Gasteiger partial charge is 0.421 e. The standard InChI is InChI=1S/C18H27N5O6.ClH/c1-18(2,3)29-17(28)23(10-6-7-13(24)11(9-10)15(26)27)14(25)12(19)5-4-8-22-16(20)21;/h6-7,9,12,24H,4-5,8,19H2,1-3H3,(H,26,27)(H4,20,21,22);1H/t12-;/m0./s1. The Kier molecular flexibility index (Phi) is 10.1. The summed E-state index contributed by atoms with van der Waals surface area (Å²) in [6.45, 7) is 5.09. The molecule has 2 amide bonds. The molecule has 1 aromatic rings. The molecule has 1 rings (SSSR count). The number of ether oxygens (including phenoxy) is 1. The highest BCUT2D eigenvalue weighted by Gasteiger charge is 2.32. The Bertz CT molecular complexity index is 805. The highest BCUT2D eigenvalue weighted by atomic mass is 35.5. The number of aliphatic imine (C=N–C) groups is 1. The van der Waals surface area contributed by atoms with Crippen molar-refractivity contribution in [2.45, 2.75) is 45.3 Å². The largest absolute Gasteiger partial charge is 0.507 e. The summed E-state index contributed by atoms with van der Waals surface area (Å²) in [5.74, 6) is -2.83. The van der Waals surface area contributed by atoms with E-state index < -0.39 is 40.9 Å². The van der Waals surface area contributed by atoms with Crippen molar-refractivity contribution in [3.8, 4) is 5.75 Å². The highest BCUT2D eigenvalue weighted by Crippen LogP contribution is 2.26. The molecular formula is C18H28ClN5O6. The molecule has 0 aliphatic carbocycles. The van der Waals surface area contributed by atoms with E-state index in [1.165, 1.54) is 6.07 Å². The van der Waals surface area contributed by atoms with E-state index in [1.54, 1.807) is 20.8 Å². The molecule has 0 aromatic heterocycles. The number of phenols is 1. The number of carbonyl (C=O) groups is 3. The molecule has 11 nitrogen and oxygen atoms in total. The van der Waals surface area contributed by atoms with Gasteiger partial charge < -0.3 is 32.2 Å². The molecular weight excluding hydrogens is 418 g/mol. The van der Waals surface area contributed by atoms with Crippen LogP contribution in [0.3, 0.4) is 0 Å². The van der Waals surface area contributed by atoms with Crippen LogP contribution in [0.4, 0.5) is 10.5 Å². The van der Waals surface area contributed by atoms with Crippen LogP contribution in [0.2, 0.25) is 0 Å². The maximum absolute atomic E-state index is 12.9. The fraction of sp³-hybridized carbons (Fsp3) is 0.444. The fourth-order valence-electron chi connectivity index (χ4n) is 2.27. The summed E-state index contributed by atoms with van der Waals surface area (Å²) in [5, 5.41) is 18.9. The lowest BCUT2D eigenvalue weighted by Crippen LogP contribution is -2.49. The average Bonchev–Trinajstić information content (AvgIpc) is 2.58. The van der Waals surface area contributed by atoms with Gasteiger partial charge in [0.25, 0.3) is 5.91 Å². The molecule has 168 valence electrons. The first-order valence-electron chi connectivity index (χ1n) is 8.77.